The largest absolute Gasteiger partial charge is 0.330 e. The standard InChI is InChI=1S/C19H21N3O2/c1-13(15-8-4-3-5-9-15)20-14(2)19(24)22-12-18(23)21-16-10-6-7-11-17(16)22/h3-11,13-14,20H,12H2,1-2H3,(H,21,23)/p+1/t13-,14-/m0/s1. The van der Waals surface area contributed by atoms with Crippen molar-refractivity contribution >= 4 is 23.2 Å². The molecular formula is C19H22N3O2+. The summed E-state index contributed by atoms with van der Waals surface area (Å²) in [7, 11) is 0. The Balaban J connectivity index is 1.75. The summed E-state index contributed by atoms with van der Waals surface area (Å²) in [5.41, 5.74) is 2.62. The summed E-state index contributed by atoms with van der Waals surface area (Å²) < 4.78 is 0. The zero-order valence-electron chi connectivity index (χ0n) is 13.9. The molecule has 0 unspecified atom stereocenters. The van der Waals surface area contributed by atoms with Gasteiger partial charge in [0.05, 0.1) is 11.4 Å². The highest BCUT2D eigenvalue weighted by Crippen LogP contribution is 2.29. The van der Waals surface area contributed by atoms with Gasteiger partial charge in [-0.3, -0.25) is 14.5 Å². The Morgan fingerprint density at radius 2 is 1.75 bits per heavy atom. The minimum atomic E-state index is -0.279. The molecule has 1 aliphatic heterocycles. The molecule has 3 rings (SSSR count). The number of nitrogens with one attached hydrogen (secondary N) is 1. The summed E-state index contributed by atoms with van der Waals surface area (Å²) in [5.74, 6) is -0.217. The SMILES string of the molecule is C[C@H]([NH2+][C@@H](C)c1ccccc1)C(=O)N1CC(=O)Nc2ccccc21. The molecule has 0 saturated heterocycles. The number of nitrogens with zero attached hydrogens (tertiary/aromatic N) is 1. The summed E-state index contributed by atoms with van der Waals surface area (Å²) in [6, 6.07) is 17.4. The lowest BCUT2D eigenvalue weighted by Crippen LogP contribution is -2.92. The van der Waals surface area contributed by atoms with E-state index < -0.39 is 0 Å². The molecule has 5 heteroatoms. The van der Waals surface area contributed by atoms with E-state index in [1.807, 2.05) is 54.7 Å². The van der Waals surface area contributed by atoms with Gasteiger partial charge in [-0.1, -0.05) is 42.5 Å². The van der Waals surface area contributed by atoms with Crippen LogP contribution >= 0.6 is 0 Å². The van der Waals surface area contributed by atoms with Gasteiger partial charge in [-0.15, -0.1) is 0 Å². The first-order valence-electron chi connectivity index (χ1n) is 8.16. The lowest BCUT2D eigenvalue weighted by atomic mass is 10.1. The summed E-state index contributed by atoms with van der Waals surface area (Å²) in [4.78, 5) is 26.4. The normalized spacial score (nSPS) is 16.1. The van der Waals surface area contributed by atoms with Crippen LogP contribution in [0.4, 0.5) is 11.4 Å². The van der Waals surface area contributed by atoms with Gasteiger partial charge < -0.3 is 10.6 Å². The van der Waals surface area contributed by atoms with Crippen LogP contribution in [-0.2, 0) is 9.59 Å². The highest BCUT2D eigenvalue weighted by Gasteiger charge is 2.32. The van der Waals surface area contributed by atoms with E-state index in [0.717, 1.165) is 5.69 Å². The molecule has 2 aromatic rings. The molecule has 0 aliphatic carbocycles. The molecule has 24 heavy (non-hydrogen) atoms. The summed E-state index contributed by atoms with van der Waals surface area (Å²) in [6.07, 6.45) is 0. The van der Waals surface area contributed by atoms with E-state index in [4.69, 9.17) is 0 Å². The van der Waals surface area contributed by atoms with Gasteiger partial charge in [0.25, 0.3) is 5.91 Å². The number of quaternary nitrogens is 1. The Kier molecular flexibility index (Phi) is 4.62. The fourth-order valence-corrected chi connectivity index (χ4v) is 3.06. The quantitative estimate of drug-likeness (QED) is 0.899. The van der Waals surface area contributed by atoms with Crippen LogP contribution < -0.4 is 15.5 Å². The Morgan fingerprint density at radius 3 is 2.50 bits per heavy atom. The maximum atomic E-state index is 12.9. The smallest absolute Gasteiger partial charge is 0.285 e. The Bertz CT molecular complexity index is 745. The summed E-state index contributed by atoms with van der Waals surface area (Å²) in [6.45, 7) is 4.03. The van der Waals surface area contributed by atoms with E-state index in [9.17, 15) is 9.59 Å². The third-order valence-electron chi connectivity index (χ3n) is 4.33. The van der Waals surface area contributed by atoms with E-state index in [1.165, 1.54) is 5.56 Å². The van der Waals surface area contributed by atoms with Gasteiger partial charge in [0.1, 0.15) is 12.6 Å². The van der Waals surface area contributed by atoms with E-state index in [-0.39, 0.29) is 30.4 Å². The number of fused-ring (bicyclic) bond motifs is 1. The first kappa shape index (κ1) is 16.2. The highest BCUT2D eigenvalue weighted by atomic mass is 16.2. The van der Waals surface area contributed by atoms with Crippen molar-refractivity contribution in [1.29, 1.82) is 0 Å². The second kappa shape index (κ2) is 6.84. The summed E-state index contributed by atoms with van der Waals surface area (Å²) in [5, 5.41) is 4.84. The van der Waals surface area contributed by atoms with Crippen molar-refractivity contribution < 1.29 is 14.9 Å². The fraction of sp³-hybridized carbons (Fsp3) is 0.263. The lowest BCUT2D eigenvalue weighted by Gasteiger charge is -2.30. The zero-order valence-corrected chi connectivity index (χ0v) is 13.9. The first-order valence-corrected chi connectivity index (χ1v) is 8.16. The van der Waals surface area contributed by atoms with Crippen molar-refractivity contribution in [1.82, 2.24) is 0 Å². The number of anilines is 2. The Labute approximate surface area is 141 Å². The van der Waals surface area contributed by atoms with Gasteiger partial charge >= 0.3 is 0 Å². The molecule has 1 heterocycles. The maximum Gasteiger partial charge on any atom is 0.285 e. The van der Waals surface area contributed by atoms with Crippen molar-refractivity contribution in [2.45, 2.75) is 25.9 Å². The predicted molar refractivity (Wildman–Crippen MR) is 93.7 cm³/mol. The van der Waals surface area contributed by atoms with Crippen molar-refractivity contribution in [3.63, 3.8) is 0 Å². The third-order valence-corrected chi connectivity index (χ3v) is 4.33. The molecule has 2 atom stereocenters. The zero-order chi connectivity index (χ0) is 17.1. The van der Waals surface area contributed by atoms with E-state index in [0.29, 0.717) is 5.69 Å². The van der Waals surface area contributed by atoms with Crippen LogP contribution in [-0.4, -0.2) is 24.4 Å². The van der Waals surface area contributed by atoms with Gasteiger partial charge in [0.2, 0.25) is 5.91 Å². The number of nitrogens with two attached hydrogens (primary N) is 1. The van der Waals surface area contributed by atoms with Gasteiger partial charge in [0.15, 0.2) is 6.04 Å². The monoisotopic (exact) mass is 324 g/mol. The van der Waals surface area contributed by atoms with E-state index >= 15 is 0 Å². The number of carbonyl (C=O) groups is 2. The van der Waals surface area contributed by atoms with Crippen molar-refractivity contribution in [2.24, 2.45) is 0 Å². The molecular weight excluding hydrogens is 302 g/mol. The van der Waals surface area contributed by atoms with Crippen LogP contribution in [0.15, 0.2) is 54.6 Å². The van der Waals surface area contributed by atoms with Gasteiger partial charge in [-0.25, -0.2) is 0 Å². The fourth-order valence-electron chi connectivity index (χ4n) is 3.06. The molecule has 124 valence electrons. The average Bonchev–Trinajstić information content (AvgIpc) is 2.61. The second-order valence-electron chi connectivity index (χ2n) is 6.17. The maximum absolute atomic E-state index is 12.9. The van der Waals surface area contributed by atoms with Crippen molar-refractivity contribution in [3.8, 4) is 0 Å². The molecule has 0 radical (unpaired) electrons. The van der Waals surface area contributed by atoms with E-state index in [1.54, 1.807) is 4.90 Å². The van der Waals surface area contributed by atoms with Crippen LogP contribution in [0.5, 0.6) is 0 Å². The molecule has 3 N–H and O–H groups in total. The lowest BCUT2D eigenvalue weighted by molar-refractivity contribution is -0.710. The molecule has 2 aromatic carbocycles. The second-order valence-corrected chi connectivity index (χ2v) is 6.17. The number of carbonyl (C=O) groups excluding carboxylic acids is 2. The molecule has 2 amide bonds. The van der Waals surface area contributed by atoms with Crippen LogP contribution in [0.2, 0.25) is 0 Å². The molecule has 0 spiro atoms. The number of para-hydroxylation sites is 2. The number of benzene rings is 2. The minimum absolute atomic E-state index is 0.0555. The Morgan fingerprint density at radius 1 is 1.08 bits per heavy atom. The third kappa shape index (κ3) is 3.31. The average molecular weight is 324 g/mol. The number of hydrogen-bond acceptors (Lipinski definition) is 2. The van der Waals surface area contributed by atoms with Crippen LogP contribution in [0.3, 0.4) is 0 Å². The molecule has 0 saturated carbocycles. The summed E-state index contributed by atoms with van der Waals surface area (Å²) >= 11 is 0. The van der Waals surface area contributed by atoms with E-state index in [2.05, 4.69) is 24.4 Å². The van der Waals surface area contributed by atoms with Crippen molar-refractivity contribution in [3.05, 3.63) is 60.2 Å². The molecule has 1 aliphatic rings. The van der Waals surface area contributed by atoms with Gasteiger partial charge in [-0.05, 0) is 26.0 Å². The van der Waals surface area contributed by atoms with Gasteiger partial charge in [-0.2, -0.15) is 0 Å². The molecule has 0 aromatic heterocycles. The predicted octanol–water partition coefficient (Wildman–Crippen LogP) is 1.68. The molecule has 0 fully saturated rings. The number of rotatable bonds is 4. The molecule has 0 bridgehead atoms. The van der Waals surface area contributed by atoms with Crippen molar-refractivity contribution in [2.75, 3.05) is 16.8 Å². The topological polar surface area (TPSA) is 66.0 Å². The Hall–Kier alpha value is -2.66. The number of amides is 2. The minimum Gasteiger partial charge on any atom is -0.330 e. The highest BCUT2D eigenvalue weighted by molar-refractivity contribution is 6.10. The van der Waals surface area contributed by atoms with Crippen LogP contribution in [0, 0.1) is 0 Å². The first-order chi connectivity index (χ1) is 11.6. The molecule has 5 nitrogen and oxygen atoms in total. The van der Waals surface area contributed by atoms with Crippen LogP contribution in [0.25, 0.3) is 0 Å². The van der Waals surface area contributed by atoms with Gasteiger partial charge in [0, 0.05) is 5.56 Å². The number of hydrogen-bond donors (Lipinski definition) is 2. The van der Waals surface area contributed by atoms with Crippen LogP contribution in [0.1, 0.15) is 25.5 Å².